The molecule has 3 heterocycles. The second kappa shape index (κ2) is 8.45. The standard InChI is InChI=1S/C22H30N4O2/c1-16-4-3-5-18(14-16)22-24-20(17(2)28-22)15-25-10-6-19(7-11-25)26-12-8-21(27)23-9-13-26/h3-5,14,19H,6-13,15H2,1-2H3,(H,23,27). The van der Waals surface area contributed by atoms with Crippen LogP contribution in [0.4, 0.5) is 0 Å². The SMILES string of the molecule is Cc1cccc(-c2nc(CN3CCC(N4CCNC(=O)CC4)CC3)c(C)o2)c1. The van der Waals surface area contributed by atoms with E-state index in [0.29, 0.717) is 18.4 Å². The van der Waals surface area contributed by atoms with E-state index in [2.05, 4.69) is 34.2 Å². The van der Waals surface area contributed by atoms with Crippen molar-refractivity contribution >= 4 is 5.91 Å². The molecule has 1 N–H and O–H groups in total. The lowest BCUT2D eigenvalue weighted by atomic mass is 10.0. The van der Waals surface area contributed by atoms with E-state index in [-0.39, 0.29) is 5.91 Å². The van der Waals surface area contributed by atoms with Crippen molar-refractivity contribution in [1.29, 1.82) is 0 Å². The van der Waals surface area contributed by atoms with Gasteiger partial charge in [-0.05, 0) is 38.8 Å². The lowest BCUT2D eigenvalue weighted by Gasteiger charge is -2.37. The second-order valence-electron chi connectivity index (χ2n) is 8.03. The van der Waals surface area contributed by atoms with Crippen molar-refractivity contribution in [2.24, 2.45) is 0 Å². The van der Waals surface area contributed by atoms with Gasteiger partial charge < -0.3 is 9.73 Å². The molecule has 0 unspecified atom stereocenters. The summed E-state index contributed by atoms with van der Waals surface area (Å²) in [5, 5.41) is 2.97. The Morgan fingerprint density at radius 3 is 2.79 bits per heavy atom. The number of hydrogen-bond acceptors (Lipinski definition) is 5. The minimum atomic E-state index is 0.186. The van der Waals surface area contributed by atoms with Crippen LogP contribution in [0.2, 0.25) is 0 Å². The Labute approximate surface area is 166 Å². The van der Waals surface area contributed by atoms with Gasteiger partial charge >= 0.3 is 0 Å². The van der Waals surface area contributed by atoms with E-state index in [1.54, 1.807) is 0 Å². The maximum absolute atomic E-state index is 11.6. The molecule has 2 fully saturated rings. The summed E-state index contributed by atoms with van der Waals surface area (Å²) >= 11 is 0. The maximum Gasteiger partial charge on any atom is 0.226 e. The number of carbonyl (C=O) groups is 1. The average Bonchev–Trinajstić information content (AvgIpc) is 2.91. The molecule has 6 nitrogen and oxygen atoms in total. The Morgan fingerprint density at radius 2 is 2.00 bits per heavy atom. The first-order valence-electron chi connectivity index (χ1n) is 10.3. The summed E-state index contributed by atoms with van der Waals surface area (Å²) in [6.45, 7) is 9.70. The second-order valence-corrected chi connectivity index (χ2v) is 8.03. The predicted molar refractivity (Wildman–Crippen MR) is 109 cm³/mol. The number of carbonyl (C=O) groups excluding carboxylic acids is 1. The lowest BCUT2D eigenvalue weighted by Crippen LogP contribution is -2.45. The number of nitrogens with one attached hydrogen (secondary N) is 1. The number of piperidine rings is 1. The summed E-state index contributed by atoms with van der Waals surface area (Å²) in [6.07, 6.45) is 2.92. The Hall–Kier alpha value is -2.18. The summed E-state index contributed by atoms with van der Waals surface area (Å²) in [5.41, 5.74) is 3.29. The fourth-order valence-electron chi connectivity index (χ4n) is 4.28. The van der Waals surface area contributed by atoms with Gasteiger partial charge in [-0.25, -0.2) is 4.98 Å². The van der Waals surface area contributed by atoms with Gasteiger partial charge in [0.25, 0.3) is 0 Å². The molecule has 2 aliphatic heterocycles. The number of likely N-dealkylation sites (tertiary alicyclic amines) is 1. The molecule has 0 bridgehead atoms. The third-order valence-corrected chi connectivity index (χ3v) is 5.95. The summed E-state index contributed by atoms with van der Waals surface area (Å²) in [6, 6.07) is 8.88. The largest absolute Gasteiger partial charge is 0.441 e. The molecule has 1 aromatic heterocycles. The van der Waals surface area contributed by atoms with Gasteiger partial charge in [-0.1, -0.05) is 17.7 Å². The molecule has 1 amide bonds. The normalized spacial score (nSPS) is 20.1. The van der Waals surface area contributed by atoms with E-state index in [9.17, 15) is 4.79 Å². The molecule has 150 valence electrons. The van der Waals surface area contributed by atoms with Gasteiger partial charge in [-0.2, -0.15) is 0 Å². The molecule has 0 radical (unpaired) electrons. The van der Waals surface area contributed by atoms with Crippen LogP contribution in [-0.4, -0.2) is 59.5 Å². The number of aryl methyl sites for hydroxylation is 2. The quantitative estimate of drug-likeness (QED) is 0.881. The summed E-state index contributed by atoms with van der Waals surface area (Å²) < 4.78 is 5.95. The molecule has 2 aromatic rings. The van der Waals surface area contributed by atoms with Crippen molar-refractivity contribution in [1.82, 2.24) is 20.1 Å². The van der Waals surface area contributed by atoms with E-state index in [1.807, 2.05) is 19.1 Å². The highest BCUT2D eigenvalue weighted by Crippen LogP contribution is 2.25. The first kappa shape index (κ1) is 19.2. The van der Waals surface area contributed by atoms with Gasteiger partial charge in [-0.3, -0.25) is 14.6 Å². The van der Waals surface area contributed by atoms with Crippen molar-refractivity contribution in [3.8, 4) is 11.5 Å². The molecule has 1 aromatic carbocycles. The summed E-state index contributed by atoms with van der Waals surface area (Å²) in [5.74, 6) is 1.81. The average molecular weight is 383 g/mol. The third-order valence-electron chi connectivity index (χ3n) is 5.95. The van der Waals surface area contributed by atoms with Crippen LogP contribution in [0.5, 0.6) is 0 Å². The van der Waals surface area contributed by atoms with Crippen LogP contribution in [-0.2, 0) is 11.3 Å². The number of benzene rings is 1. The maximum atomic E-state index is 11.6. The van der Waals surface area contributed by atoms with Gasteiger partial charge in [0.15, 0.2) is 0 Å². The predicted octanol–water partition coefficient (Wildman–Crippen LogP) is 2.74. The third kappa shape index (κ3) is 4.45. The molecule has 2 saturated heterocycles. The monoisotopic (exact) mass is 382 g/mol. The Kier molecular flexibility index (Phi) is 5.78. The van der Waals surface area contributed by atoms with Crippen molar-refractivity contribution < 1.29 is 9.21 Å². The minimum Gasteiger partial charge on any atom is -0.441 e. The van der Waals surface area contributed by atoms with Crippen LogP contribution in [0.1, 0.15) is 36.3 Å². The van der Waals surface area contributed by atoms with Crippen LogP contribution in [0.15, 0.2) is 28.7 Å². The molecular formula is C22H30N4O2. The summed E-state index contributed by atoms with van der Waals surface area (Å²) in [7, 11) is 0. The van der Waals surface area contributed by atoms with Crippen LogP contribution >= 0.6 is 0 Å². The van der Waals surface area contributed by atoms with Crippen molar-refractivity contribution in [2.75, 3.05) is 32.7 Å². The van der Waals surface area contributed by atoms with Gasteiger partial charge in [-0.15, -0.1) is 0 Å². The molecule has 6 heteroatoms. The van der Waals surface area contributed by atoms with Crippen LogP contribution in [0.25, 0.3) is 11.5 Å². The molecule has 2 aliphatic rings. The van der Waals surface area contributed by atoms with E-state index < -0.39 is 0 Å². The lowest BCUT2D eigenvalue weighted by molar-refractivity contribution is -0.120. The number of hydrogen-bond donors (Lipinski definition) is 1. The highest BCUT2D eigenvalue weighted by atomic mass is 16.4. The van der Waals surface area contributed by atoms with Crippen LogP contribution < -0.4 is 5.32 Å². The summed E-state index contributed by atoms with van der Waals surface area (Å²) in [4.78, 5) is 21.3. The fourth-order valence-corrected chi connectivity index (χ4v) is 4.28. The number of aromatic nitrogens is 1. The highest BCUT2D eigenvalue weighted by molar-refractivity contribution is 5.76. The van der Waals surface area contributed by atoms with E-state index >= 15 is 0 Å². The van der Waals surface area contributed by atoms with Gasteiger partial charge in [0.05, 0.1) is 5.69 Å². The molecule has 0 aliphatic carbocycles. The Bertz CT molecular complexity index is 824. The van der Waals surface area contributed by atoms with Crippen LogP contribution in [0.3, 0.4) is 0 Å². The fraction of sp³-hybridized carbons (Fsp3) is 0.545. The van der Waals surface area contributed by atoms with Gasteiger partial charge in [0.1, 0.15) is 5.76 Å². The molecule has 0 spiro atoms. The molecule has 28 heavy (non-hydrogen) atoms. The number of nitrogens with zero attached hydrogens (tertiary/aromatic N) is 3. The molecular weight excluding hydrogens is 352 g/mol. The smallest absolute Gasteiger partial charge is 0.226 e. The zero-order valence-electron chi connectivity index (χ0n) is 16.9. The number of amides is 1. The van der Waals surface area contributed by atoms with Gasteiger partial charge in [0, 0.05) is 57.3 Å². The number of oxazole rings is 1. The Morgan fingerprint density at radius 1 is 1.18 bits per heavy atom. The first-order valence-corrected chi connectivity index (χ1v) is 10.3. The van der Waals surface area contributed by atoms with E-state index in [4.69, 9.17) is 9.40 Å². The molecule has 0 saturated carbocycles. The van der Waals surface area contributed by atoms with Gasteiger partial charge in [0.2, 0.25) is 11.8 Å². The number of rotatable bonds is 4. The van der Waals surface area contributed by atoms with E-state index in [1.165, 1.54) is 5.56 Å². The minimum absolute atomic E-state index is 0.186. The first-order chi connectivity index (χ1) is 13.6. The van der Waals surface area contributed by atoms with Crippen molar-refractivity contribution in [3.63, 3.8) is 0 Å². The van der Waals surface area contributed by atoms with Crippen LogP contribution in [0, 0.1) is 13.8 Å². The van der Waals surface area contributed by atoms with Crippen molar-refractivity contribution in [2.45, 2.75) is 45.7 Å². The Balaban J connectivity index is 1.34. The van der Waals surface area contributed by atoms with E-state index in [0.717, 1.165) is 69.1 Å². The zero-order chi connectivity index (χ0) is 19.5. The molecule has 0 atom stereocenters. The molecule has 4 rings (SSSR count). The zero-order valence-corrected chi connectivity index (χ0v) is 16.9. The van der Waals surface area contributed by atoms with Crippen molar-refractivity contribution in [3.05, 3.63) is 41.3 Å². The highest BCUT2D eigenvalue weighted by Gasteiger charge is 2.27. The topological polar surface area (TPSA) is 61.6 Å².